The Kier molecular flexibility index (Phi) is 7.81. The van der Waals surface area contributed by atoms with Crippen molar-refractivity contribution in [2.24, 2.45) is 0 Å². The Hall–Kier alpha value is 0.270. The van der Waals surface area contributed by atoms with E-state index < -0.39 is 0 Å². The molecule has 0 aromatic heterocycles. The molecule has 13 heavy (non-hydrogen) atoms. The minimum absolute atomic E-state index is 0.211. The van der Waals surface area contributed by atoms with E-state index in [0.717, 1.165) is 12.2 Å². The van der Waals surface area contributed by atoms with Crippen molar-refractivity contribution in [2.75, 3.05) is 12.4 Å². The first-order valence-electron chi connectivity index (χ1n) is 4.97. The molecule has 2 atom stereocenters. The van der Waals surface area contributed by atoms with Gasteiger partial charge in [-0.1, -0.05) is 13.8 Å². The van der Waals surface area contributed by atoms with Crippen molar-refractivity contribution in [1.82, 2.24) is 0 Å². The number of ether oxygens (including phenoxy) is 1. The van der Waals surface area contributed by atoms with E-state index in [2.05, 4.69) is 13.8 Å². The van der Waals surface area contributed by atoms with E-state index in [4.69, 9.17) is 4.74 Å². The summed E-state index contributed by atoms with van der Waals surface area (Å²) < 4.78 is 5.31. The van der Waals surface area contributed by atoms with Crippen molar-refractivity contribution in [3.05, 3.63) is 0 Å². The van der Waals surface area contributed by atoms with Crippen LogP contribution in [0.1, 0.15) is 34.1 Å². The summed E-state index contributed by atoms with van der Waals surface area (Å²) in [6, 6.07) is 0. The van der Waals surface area contributed by atoms with Crippen molar-refractivity contribution in [3.8, 4) is 0 Å². The third-order valence-corrected chi connectivity index (χ3v) is 3.25. The summed E-state index contributed by atoms with van der Waals surface area (Å²) in [5.74, 6) is 0.779. The average molecular weight is 206 g/mol. The summed E-state index contributed by atoms with van der Waals surface area (Å²) in [7, 11) is 0. The summed E-state index contributed by atoms with van der Waals surface area (Å²) in [5, 5.41) is 10.1. The van der Waals surface area contributed by atoms with Gasteiger partial charge in [0, 0.05) is 11.0 Å². The number of thioether (sulfide) groups is 1. The van der Waals surface area contributed by atoms with Crippen molar-refractivity contribution >= 4 is 11.8 Å². The van der Waals surface area contributed by atoms with E-state index in [1.807, 2.05) is 13.8 Å². The van der Waals surface area contributed by atoms with Crippen molar-refractivity contribution < 1.29 is 9.84 Å². The first kappa shape index (κ1) is 13.3. The minimum atomic E-state index is -0.318. The lowest BCUT2D eigenvalue weighted by Gasteiger charge is -2.15. The molecule has 3 heteroatoms. The maximum absolute atomic E-state index is 9.50. The Morgan fingerprint density at radius 1 is 1.31 bits per heavy atom. The van der Waals surface area contributed by atoms with Gasteiger partial charge in [0.1, 0.15) is 0 Å². The fraction of sp³-hybridized carbons (Fsp3) is 1.00. The Bertz CT molecular complexity index is 117. The van der Waals surface area contributed by atoms with E-state index in [9.17, 15) is 5.11 Å². The van der Waals surface area contributed by atoms with Gasteiger partial charge in [0.25, 0.3) is 0 Å². The van der Waals surface area contributed by atoms with Gasteiger partial charge >= 0.3 is 0 Å². The van der Waals surface area contributed by atoms with Gasteiger partial charge in [-0.25, -0.2) is 0 Å². The highest BCUT2D eigenvalue weighted by molar-refractivity contribution is 7.99. The fourth-order valence-corrected chi connectivity index (χ4v) is 1.63. The molecular formula is C10H22O2S. The molecule has 0 bridgehead atoms. The molecule has 0 rings (SSSR count). The third kappa shape index (κ3) is 8.60. The van der Waals surface area contributed by atoms with Crippen molar-refractivity contribution in [2.45, 2.75) is 51.6 Å². The molecule has 2 nitrogen and oxygen atoms in total. The van der Waals surface area contributed by atoms with Crippen LogP contribution in [0.4, 0.5) is 0 Å². The Balaban J connectivity index is 3.34. The molecule has 0 amide bonds. The van der Waals surface area contributed by atoms with Crippen molar-refractivity contribution in [3.63, 3.8) is 0 Å². The lowest BCUT2D eigenvalue weighted by molar-refractivity contribution is 0.0152. The maximum Gasteiger partial charge on any atom is 0.0864 e. The van der Waals surface area contributed by atoms with Crippen LogP contribution in [0.15, 0.2) is 0 Å². The smallest absolute Gasteiger partial charge is 0.0864 e. The topological polar surface area (TPSA) is 29.5 Å². The zero-order valence-corrected chi connectivity index (χ0v) is 9.93. The first-order valence-corrected chi connectivity index (χ1v) is 6.02. The Morgan fingerprint density at radius 2 is 1.92 bits per heavy atom. The largest absolute Gasteiger partial charge is 0.390 e. The first-order chi connectivity index (χ1) is 6.06. The highest BCUT2D eigenvalue weighted by atomic mass is 32.2. The normalized spacial score (nSPS) is 16.2. The second kappa shape index (κ2) is 7.65. The quantitative estimate of drug-likeness (QED) is 0.693. The highest BCUT2D eigenvalue weighted by Gasteiger charge is 2.07. The standard InChI is InChI=1S/C10H22O2S/c1-5-9(4)13-7-10(11)6-12-8(2)3/h8-11H,5-7H2,1-4H3. The van der Waals surface area contributed by atoms with E-state index in [1.165, 1.54) is 0 Å². The lowest BCUT2D eigenvalue weighted by atomic mass is 10.4. The van der Waals surface area contributed by atoms with E-state index in [1.54, 1.807) is 11.8 Å². The summed E-state index contributed by atoms with van der Waals surface area (Å²) in [4.78, 5) is 0. The molecule has 2 unspecified atom stereocenters. The summed E-state index contributed by atoms with van der Waals surface area (Å²) in [5.41, 5.74) is 0. The molecule has 80 valence electrons. The zero-order chi connectivity index (χ0) is 10.3. The third-order valence-electron chi connectivity index (χ3n) is 1.77. The predicted octanol–water partition coefficient (Wildman–Crippen LogP) is 2.30. The fourth-order valence-electron chi connectivity index (χ4n) is 0.745. The predicted molar refractivity (Wildman–Crippen MR) is 59.3 cm³/mol. The van der Waals surface area contributed by atoms with Gasteiger partial charge in [0.05, 0.1) is 18.8 Å². The molecule has 0 aliphatic carbocycles. The van der Waals surface area contributed by atoms with Crippen molar-refractivity contribution in [1.29, 1.82) is 0 Å². The van der Waals surface area contributed by atoms with E-state index in [0.29, 0.717) is 11.9 Å². The number of rotatable bonds is 7. The molecule has 0 saturated heterocycles. The van der Waals surface area contributed by atoms with Crippen LogP contribution in [0.25, 0.3) is 0 Å². The molecule has 0 fully saturated rings. The minimum Gasteiger partial charge on any atom is -0.390 e. The van der Waals surface area contributed by atoms with Crippen LogP contribution in [-0.4, -0.2) is 34.9 Å². The van der Waals surface area contributed by atoms with Gasteiger partial charge in [-0.15, -0.1) is 0 Å². The Labute approximate surface area is 86.1 Å². The monoisotopic (exact) mass is 206 g/mol. The molecule has 0 heterocycles. The van der Waals surface area contributed by atoms with Crippen LogP contribution in [0, 0.1) is 0 Å². The summed E-state index contributed by atoms with van der Waals surface area (Å²) in [6.45, 7) is 8.76. The molecule has 1 N–H and O–H groups in total. The molecular weight excluding hydrogens is 184 g/mol. The highest BCUT2D eigenvalue weighted by Crippen LogP contribution is 2.14. The summed E-state index contributed by atoms with van der Waals surface area (Å²) >= 11 is 1.81. The van der Waals surface area contributed by atoms with Gasteiger partial charge in [0.15, 0.2) is 0 Å². The van der Waals surface area contributed by atoms with Crippen LogP contribution in [0.5, 0.6) is 0 Å². The number of hydrogen-bond acceptors (Lipinski definition) is 3. The second-order valence-corrected chi connectivity index (χ2v) is 5.06. The zero-order valence-electron chi connectivity index (χ0n) is 9.12. The van der Waals surface area contributed by atoms with Gasteiger partial charge in [-0.2, -0.15) is 11.8 Å². The molecule has 0 saturated carbocycles. The average Bonchev–Trinajstić information content (AvgIpc) is 2.10. The maximum atomic E-state index is 9.50. The second-order valence-electron chi connectivity index (χ2n) is 3.59. The lowest BCUT2D eigenvalue weighted by Crippen LogP contribution is -2.21. The molecule has 0 aliphatic rings. The van der Waals surface area contributed by atoms with Gasteiger partial charge in [-0.3, -0.25) is 0 Å². The molecule has 0 aliphatic heterocycles. The van der Waals surface area contributed by atoms with Gasteiger partial charge < -0.3 is 9.84 Å². The Morgan fingerprint density at radius 3 is 2.38 bits per heavy atom. The van der Waals surface area contributed by atoms with Gasteiger partial charge in [-0.05, 0) is 20.3 Å². The number of hydrogen-bond donors (Lipinski definition) is 1. The number of aliphatic hydroxyl groups excluding tert-OH is 1. The molecule has 0 aromatic rings. The molecule has 0 spiro atoms. The molecule has 0 radical (unpaired) electrons. The van der Waals surface area contributed by atoms with Crippen LogP contribution < -0.4 is 0 Å². The van der Waals surface area contributed by atoms with Crippen LogP contribution in [0.2, 0.25) is 0 Å². The molecule has 0 aromatic carbocycles. The van der Waals surface area contributed by atoms with E-state index >= 15 is 0 Å². The van der Waals surface area contributed by atoms with E-state index in [-0.39, 0.29) is 12.2 Å². The van der Waals surface area contributed by atoms with Crippen LogP contribution >= 0.6 is 11.8 Å². The van der Waals surface area contributed by atoms with Crippen LogP contribution in [0.3, 0.4) is 0 Å². The SMILES string of the molecule is CCC(C)SCC(O)COC(C)C. The van der Waals surface area contributed by atoms with Crippen LogP contribution in [-0.2, 0) is 4.74 Å². The van der Waals surface area contributed by atoms with Gasteiger partial charge in [0.2, 0.25) is 0 Å². The number of aliphatic hydroxyl groups is 1. The summed E-state index contributed by atoms with van der Waals surface area (Å²) in [6.07, 6.45) is 1.05.